The van der Waals surface area contributed by atoms with Crippen LogP contribution in [-0.2, 0) is 24.8 Å². The first kappa shape index (κ1) is 22.2. The Morgan fingerprint density at radius 1 is 1.10 bits per heavy atom. The van der Waals surface area contributed by atoms with Gasteiger partial charge in [0.2, 0.25) is 0 Å². The Morgan fingerprint density at radius 2 is 1.77 bits per heavy atom. The molecule has 0 spiro atoms. The second-order valence-electron chi connectivity index (χ2n) is 8.60. The van der Waals surface area contributed by atoms with Crippen LogP contribution in [0.1, 0.15) is 60.7 Å². The molecule has 30 heavy (non-hydrogen) atoms. The second kappa shape index (κ2) is 8.32. The van der Waals surface area contributed by atoms with Gasteiger partial charge in [-0.25, -0.2) is 4.98 Å². The number of rotatable bonds is 3. The number of aromatic nitrogens is 1. The summed E-state index contributed by atoms with van der Waals surface area (Å²) in [5.41, 5.74) is 0.707. The van der Waals surface area contributed by atoms with Gasteiger partial charge in [-0.1, -0.05) is 32.9 Å². The summed E-state index contributed by atoms with van der Waals surface area (Å²) >= 11 is 1.13. The third-order valence-electron chi connectivity index (χ3n) is 5.61. The Bertz CT molecular complexity index is 1020. The zero-order chi connectivity index (χ0) is 22.1. The molecule has 0 radical (unpaired) electrons. The van der Waals surface area contributed by atoms with Crippen LogP contribution in [0.3, 0.4) is 0 Å². The molecule has 0 saturated heterocycles. The van der Waals surface area contributed by atoms with E-state index < -0.39 is 11.7 Å². The summed E-state index contributed by atoms with van der Waals surface area (Å²) in [5, 5.41) is 18.6. The smallest absolute Gasteiger partial charge is 0.245 e. The van der Waals surface area contributed by atoms with E-state index in [1.807, 2.05) is 26.8 Å². The molecule has 0 saturated carbocycles. The minimum Gasteiger partial charge on any atom is -0.245 e. The van der Waals surface area contributed by atoms with Gasteiger partial charge in [-0.2, -0.15) is 23.7 Å². The lowest BCUT2D eigenvalue weighted by Gasteiger charge is -2.36. The SMILES string of the molecule is CC(C)(C)[C@H]1CCc2nc(SCc3ccc(C#N)cc3)c(C#N)c(C(F)(F)F)c2C1. The number of hydrogen-bond donors (Lipinski definition) is 0. The van der Waals surface area contributed by atoms with Gasteiger partial charge in [-0.15, -0.1) is 11.8 Å². The Morgan fingerprint density at radius 3 is 2.30 bits per heavy atom. The number of alkyl halides is 3. The van der Waals surface area contributed by atoms with Crippen molar-refractivity contribution >= 4 is 11.8 Å². The molecule has 0 fully saturated rings. The molecule has 3 nitrogen and oxygen atoms in total. The van der Waals surface area contributed by atoms with Gasteiger partial charge in [0.1, 0.15) is 11.1 Å². The normalized spacial score (nSPS) is 16.5. The fourth-order valence-electron chi connectivity index (χ4n) is 3.82. The van der Waals surface area contributed by atoms with Gasteiger partial charge >= 0.3 is 6.18 Å². The lowest BCUT2D eigenvalue weighted by Crippen LogP contribution is -2.30. The van der Waals surface area contributed by atoms with E-state index in [2.05, 4.69) is 4.98 Å². The van der Waals surface area contributed by atoms with Crippen molar-refractivity contribution in [1.29, 1.82) is 10.5 Å². The molecule has 1 atom stereocenters. The molecule has 0 N–H and O–H groups in total. The lowest BCUT2D eigenvalue weighted by molar-refractivity contribution is -0.139. The molecule has 0 bridgehead atoms. The quantitative estimate of drug-likeness (QED) is 0.538. The molecule has 7 heteroatoms. The predicted octanol–water partition coefficient (Wildman–Crippen LogP) is 6.29. The first-order valence-electron chi connectivity index (χ1n) is 9.69. The number of nitrogens with zero attached hydrogens (tertiary/aromatic N) is 3. The second-order valence-corrected chi connectivity index (χ2v) is 9.57. The standard InChI is InChI=1S/C23H22F3N3S/c1-22(2,3)16-8-9-19-17(10-16)20(23(24,25)26)18(12-28)21(29-19)30-13-15-6-4-14(11-27)5-7-15/h4-7,16H,8-10,13H2,1-3H3/t16-/m0/s1. The van der Waals surface area contributed by atoms with Crippen molar-refractivity contribution in [1.82, 2.24) is 4.98 Å². The van der Waals surface area contributed by atoms with Crippen LogP contribution in [0.5, 0.6) is 0 Å². The van der Waals surface area contributed by atoms with E-state index in [1.165, 1.54) is 0 Å². The first-order valence-corrected chi connectivity index (χ1v) is 10.7. The molecule has 1 heterocycles. The van der Waals surface area contributed by atoms with E-state index >= 15 is 0 Å². The molecule has 1 aliphatic rings. The fourth-order valence-corrected chi connectivity index (χ4v) is 4.78. The zero-order valence-corrected chi connectivity index (χ0v) is 17.9. The molecule has 0 amide bonds. The van der Waals surface area contributed by atoms with E-state index in [9.17, 15) is 18.4 Å². The maximum Gasteiger partial charge on any atom is 0.418 e. The molecule has 0 unspecified atom stereocenters. The van der Waals surface area contributed by atoms with E-state index in [0.29, 0.717) is 23.4 Å². The van der Waals surface area contributed by atoms with Crippen LogP contribution in [0.15, 0.2) is 29.3 Å². The Hall–Kier alpha value is -2.51. The summed E-state index contributed by atoms with van der Waals surface area (Å²) in [4.78, 5) is 4.51. The molecule has 2 aromatic rings. The van der Waals surface area contributed by atoms with Gasteiger partial charge in [0, 0.05) is 11.4 Å². The highest BCUT2D eigenvalue weighted by molar-refractivity contribution is 7.98. The third-order valence-corrected chi connectivity index (χ3v) is 6.66. The zero-order valence-electron chi connectivity index (χ0n) is 17.1. The Balaban J connectivity index is 2.01. The van der Waals surface area contributed by atoms with Crippen molar-refractivity contribution in [3.8, 4) is 12.1 Å². The van der Waals surface area contributed by atoms with Crippen molar-refractivity contribution in [2.75, 3.05) is 0 Å². The molecule has 3 rings (SSSR count). The minimum absolute atomic E-state index is 0.108. The van der Waals surface area contributed by atoms with Crippen molar-refractivity contribution in [2.45, 2.75) is 57.0 Å². The molecule has 0 aliphatic heterocycles. The summed E-state index contributed by atoms with van der Waals surface area (Å²) in [5.74, 6) is 0.477. The summed E-state index contributed by atoms with van der Waals surface area (Å²) < 4.78 is 42.2. The highest BCUT2D eigenvalue weighted by Crippen LogP contribution is 2.45. The van der Waals surface area contributed by atoms with E-state index in [0.717, 1.165) is 23.7 Å². The number of pyridine rings is 1. The molecular weight excluding hydrogens is 407 g/mol. The predicted molar refractivity (Wildman–Crippen MR) is 110 cm³/mol. The molecule has 1 aromatic carbocycles. The summed E-state index contributed by atoms with van der Waals surface area (Å²) in [6, 6.07) is 10.7. The Labute approximate surface area is 178 Å². The van der Waals surface area contributed by atoms with Gasteiger partial charge in [0.25, 0.3) is 0 Å². The number of thioether (sulfide) groups is 1. The summed E-state index contributed by atoms with van der Waals surface area (Å²) in [6.45, 7) is 6.11. The molecular formula is C23H22F3N3S. The maximum absolute atomic E-state index is 14.1. The van der Waals surface area contributed by atoms with Gasteiger partial charge in [-0.05, 0) is 53.9 Å². The Kier molecular flexibility index (Phi) is 6.15. The van der Waals surface area contributed by atoms with Crippen molar-refractivity contribution < 1.29 is 13.2 Å². The minimum atomic E-state index is -4.61. The topological polar surface area (TPSA) is 60.5 Å². The average molecular weight is 430 g/mol. The molecule has 1 aliphatic carbocycles. The number of aryl methyl sites for hydroxylation is 1. The number of hydrogen-bond acceptors (Lipinski definition) is 4. The number of nitriles is 2. The first-order chi connectivity index (χ1) is 14.0. The number of benzene rings is 1. The summed E-state index contributed by atoms with van der Waals surface area (Å²) in [6.07, 6.45) is -3.06. The van der Waals surface area contributed by atoms with Crippen LogP contribution >= 0.6 is 11.8 Å². The van der Waals surface area contributed by atoms with Crippen molar-refractivity contribution in [3.05, 3.63) is 57.8 Å². The average Bonchev–Trinajstić information content (AvgIpc) is 2.69. The van der Waals surface area contributed by atoms with E-state index in [-0.39, 0.29) is 33.9 Å². The molecule has 1 aromatic heterocycles. The lowest BCUT2D eigenvalue weighted by atomic mass is 9.70. The van der Waals surface area contributed by atoms with Crippen LogP contribution in [-0.4, -0.2) is 4.98 Å². The summed E-state index contributed by atoms with van der Waals surface area (Å²) in [7, 11) is 0. The largest absolute Gasteiger partial charge is 0.418 e. The van der Waals surface area contributed by atoms with Gasteiger partial charge in [-0.3, -0.25) is 0 Å². The number of halogens is 3. The van der Waals surface area contributed by atoms with Gasteiger partial charge in [0.15, 0.2) is 0 Å². The monoisotopic (exact) mass is 429 g/mol. The third kappa shape index (κ3) is 4.63. The van der Waals surface area contributed by atoms with Gasteiger partial charge < -0.3 is 0 Å². The highest BCUT2D eigenvalue weighted by Gasteiger charge is 2.42. The van der Waals surface area contributed by atoms with Crippen LogP contribution in [0, 0.1) is 34.0 Å². The van der Waals surface area contributed by atoms with Crippen molar-refractivity contribution in [2.24, 2.45) is 11.3 Å². The van der Waals surface area contributed by atoms with Crippen LogP contribution in [0.2, 0.25) is 0 Å². The van der Waals surface area contributed by atoms with E-state index in [4.69, 9.17) is 5.26 Å². The maximum atomic E-state index is 14.1. The van der Waals surface area contributed by atoms with Crippen LogP contribution in [0.4, 0.5) is 13.2 Å². The van der Waals surface area contributed by atoms with Crippen molar-refractivity contribution in [3.63, 3.8) is 0 Å². The van der Waals surface area contributed by atoms with Crippen LogP contribution in [0.25, 0.3) is 0 Å². The van der Waals surface area contributed by atoms with Crippen LogP contribution < -0.4 is 0 Å². The molecule has 156 valence electrons. The number of fused-ring (bicyclic) bond motifs is 1. The van der Waals surface area contributed by atoms with Gasteiger partial charge in [0.05, 0.1) is 22.8 Å². The highest BCUT2D eigenvalue weighted by atomic mass is 32.2. The fraction of sp³-hybridized carbons (Fsp3) is 0.435. The van der Waals surface area contributed by atoms with E-state index in [1.54, 1.807) is 30.3 Å².